The normalized spacial score (nSPS) is 11.4. The number of aromatic carboxylic acids is 1. The predicted molar refractivity (Wildman–Crippen MR) is 63.9 cm³/mol. The highest BCUT2D eigenvalue weighted by Crippen LogP contribution is 2.30. The van der Waals surface area contributed by atoms with Crippen molar-refractivity contribution in [2.45, 2.75) is 19.8 Å². The second kappa shape index (κ2) is 3.87. The van der Waals surface area contributed by atoms with E-state index in [1.54, 1.807) is 17.7 Å². The summed E-state index contributed by atoms with van der Waals surface area (Å²) in [5, 5.41) is 9.27. The highest BCUT2D eigenvalue weighted by molar-refractivity contribution is 6.04. The first-order valence-electron chi connectivity index (χ1n) is 5.44. The fourth-order valence-electron chi connectivity index (χ4n) is 2.17. The molecule has 1 aromatic heterocycles. The van der Waals surface area contributed by atoms with Crippen LogP contribution in [0, 0.1) is 5.82 Å². The maximum atomic E-state index is 13.8. The second-order valence-corrected chi connectivity index (χ2v) is 4.47. The fraction of sp³-hybridized carbons (Fsp3) is 0.308. The number of carbonyl (C=O) groups is 1. The number of halogens is 1. The lowest BCUT2D eigenvalue weighted by molar-refractivity contribution is 0.0698. The first kappa shape index (κ1) is 11.6. The molecule has 17 heavy (non-hydrogen) atoms. The monoisotopic (exact) mass is 235 g/mol. The van der Waals surface area contributed by atoms with Crippen LogP contribution >= 0.6 is 0 Å². The Morgan fingerprint density at radius 1 is 1.41 bits per heavy atom. The quantitative estimate of drug-likeness (QED) is 0.868. The Hall–Kier alpha value is -1.84. The van der Waals surface area contributed by atoms with Gasteiger partial charge in [-0.05, 0) is 17.5 Å². The number of aryl methyl sites for hydroxylation is 1. The van der Waals surface area contributed by atoms with E-state index in [-0.39, 0.29) is 16.9 Å². The average Bonchev–Trinajstić information content (AvgIpc) is 2.58. The smallest absolute Gasteiger partial charge is 0.337 e. The molecule has 0 atom stereocenters. The Bertz CT molecular complexity index is 599. The Morgan fingerprint density at radius 3 is 2.59 bits per heavy atom. The predicted octanol–water partition coefficient (Wildman–Crippen LogP) is 3.14. The van der Waals surface area contributed by atoms with E-state index in [1.807, 2.05) is 13.8 Å². The Balaban J connectivity index is 2.93. The molecular weight excluding hydrogens is 221 g/mol. The van der Waals surface area contributed by atoms with Gasteiger partial charge in [0.15, 0.2) is 0 Å². The second-order valence-electron chi connectivity index (χ2n) is 4.47. The van der Waals surface area contributed by atoms with Crippen LogP contribution in [-0.4, -0.2) is 15.6 Å². The van der Waals surface area contributed by atoms with Gasteiger partial charge in [0.2, 0.25) is 0 Å². The molecule has 0 amide bonds. The Morgan fingerprint density at radius 2 is 2.06 bits per heavy atom. The maximum Gasteiger partial charge on any atom is 0.337 e. The molecule has 0 fully saturated rings. The van der Waals surface area contributed by atoms with E-state index in [2.05, 4.69) is 0 Å². The highest BCUT2D eigenvalue weighted by atomic mass is 19.1. The first-order chi connectivity index (χ1) is 7.93. The van der Waals surface area contributed by atoms with Gasteiger partial charge in [-0.3, -0.25) is 0 Å². The van der Waals surface area contributed by atoms with Crippen LogP contribution in [0.5, 0.6) is 0 Å². The third kappa shape index (κ3) is 1.69. The van der Waals surface area contributed by atoms with E-state index in [0.717, 1.165) is 5.56 Å². The van der Waals surface area contributed by atoms with Crippen molar-refractivity contribution in [2.75, 3.05) is 0 Å². The van der Waals surface area contributed by atoms with Gasteiger partial charge in [0.25, 0.3) is 0 Å². The highest BCUT2D eigenvalue weighted by Gasteiger charge is 2.19. The molecule has 0 saturated carbocycles. The van der Waals surface area contributed by atoms with Crippen molar-refractivity contribution >= 4 is 16.9 Å². The number of hydrogen-bond donors (Lipinski definition) is 1. The zero-order valence-electron chi connectivity index (χ0n) is 9.99. The summed E-state index contributed by atoms with van der Waals surface area (Å²) < 4.78 is 15.5. The van der Waals surface area contributed by atoms with Crippen LogP contribution < -0.4 is 0 Å². The minimum absolute atomic E-state index is 0.0162. The minimum Gasteiger partial charge on any atom is -0.478 e. The molecule has 0 radical (unpaired) electrons. The number of rotatable bonds is 2. The van der Waals surface area contributed by atoms with Gasteiger partial charge in [0.1, 0.15) is 5.82 Å². The molecular formula is C13H14FNO2. The summed E-state index contributed by atoms with van der Waals surface area (Å²) >= 11 is 0. The maximum absolute atomic E-state index is 13.8. The number of aromatic nitrogens is 1. The van der Waals surface area contributed by atoms with Crippen LogP contribution in [-0.2, 0) is 7.05 Å². The molecule has 3 nitrogen and oxygen atoms in total. The largest absolute Gasteiger partial charge is 0.478 e. The minimum atomic E-state index is -1.10. The van der Waals surface area contributed by atoms with Crippen molar-refractivity contribution in [3.63, 3.8) is 0 Å². The molecule has 0 spiro atoms. The summed E-state index contributed by atoms with van der Waals surface area (Å²) in [6.45, 7) is 4.00. The molecule has 0 aliphatic carbocycles. The van der Waals surface area contributed by atoms with Crippen LogP contribution in [0.1, 0.15) is 35.7 Å². The van der Waals surface area contributed by atoms with Gasteiger partial charge in [-0.25, -0.2) is 9.18 Å². The molecule has 2 aromatic rings. The third-order valence-corrected chi connectivity index (χ3v) is 2.96. The number of hydrogen-bond acceptors (Lipinski definition) is 1. The van der Waals surface area contributed by atoms with Crippen LogP contribution in [0.3, 0.4) is 0 Å². The first-order valence-corrected chi connectivity index (χ1v) is 5.44. The van der Waals surface area contributed by atoms with Gasteiger partial charge in [0.05, 0.1) is 16.5 Å². The Kier molecular flexibility index (Phi) is 2.65. The molecule has 1 heterocycles. The number of benzene rings is 1. The lowest BCUT2D eigenvalue weighted by Gasteiger charge is -2.09. The molecule has 1 N–H and O–H groups in total. The average molecular weight is 235 g/mol. The van der Waals surface area contributed by atoms with Gasteiger partial charge >= 0.3 is 5.97 Å². The molecule has 0 saturated heterocycles. The van der Waals surface area contributed by atoms with E-state index >= 15 is 0 Å². The molecule has 0 bridgehead atoms. The van der Waals surface area contributed by atoms with Gasteiger partial charge in [-0.2, -0.15) is 0 Å². The van der Waals surface area contributed by atoms with Gasteiger partial charge in [0, 0.05) is 13.2 Å². The lowest BCUT2D eigenvalue weighted by atomic mass is 9.99. The van der Waals surface area contributed by atoms with Crippen LogP contribution in [0.15, 0.2) is 18.3 Å². The molecule has 90 valence electrons. The number of carboxylic acids is 1. The third-order valence-electron chi connectivity index (χ3n) is 2.96. The van der Waals surface area contributed by atoms with Gasteiger partial charge in [-0.15, -0.1) is 0 Å². The zero-order chi connectivity index (χ0) is 12.7. The van der Waals surface area contributed by atoms with Gasteiger partial charge < -0.3 is 9.67 Å². The SMILES string of the molecule is CC(C)c1ccc(F)c2c(C(=O)O)cn(C)c12. The van der Waals surface area contributed by atoms with Crippen molar-refractivity contribution in [1.29, 1.82) is 0 Å². The van der Waals surface area contributed by atoms with E-state index in [1.165, 1.54) is 12.3 Å². The van der Waals surface area contributed by atoms with Crippen molar-refractivity contribution in [3.8, 4) is 0 Å². The molecule has 1 aromatic carbocycles. The van der Waals surface area contributed by atoms with Crippen molar-refractivity contribution in [2.24, 2.45) is 7.05 Å². The number of fused-ring (bicyclic) bond motifs is 1. The summed E-state index contributed by atoms with van der Waals surface area (Å²) in [4.78, 5) is 11.1. The van der Waals surface area contributed by atoms with Crippen molar-refractivity contribution < 1.29 is 14.3 Å². The number of nitrogens with zero attached hydrogens (tertiary/aromatic N) is 1. The number of carboxylic acid groups (broad SMARTS) is 1. The van der Waals surface area contributed by atoms with E-state index in [4.69, 9.17) is 5.11 Å². The van der Waals surface area contributed by atoms with Gasteiger partial charge in [-0.1, -0.05) is 19.9 Å². The molecule has 0 unspecified atom stereocenters. The standard InChI is InChI=1S/C13H14FNO2/c1-7(2)8-4-5-10(14)11-9(13(16)17)6-15(3)12(8)11/h4-7H,1-3H3,(H,16,17). The van der Waals surface area contributed by atoms with Crippen LogP contribution in [0.2, 0.25) is 0 Å². The van der Waals surface area contributed by atoms with Crippen molar-refractivity contribution in [1.82, 2.24) is 4.57 Å². The molecule has 4 heteroatoms. The van der Waals surface area contributed by atoms with E-state index in [0.29, 0.717) is 5.52 Å². The van der Waals surface area contributed by atoms with Crippen LogP contribution in [0.4, 0.5) is 4.39 Å². The van der Waals surface area contributed by atoms with Crippen LogP contribution in [0.25, 0.3) is 10.9 Å². The Labute approximate surface area is 98.5 Å². The summed E-state index contributed by atoms with van der Waals surface area (Å²) in [5.41, 5.74) is 1.64. The summed E-state index contributed by atoms with van der Waals surface area (Å²) in [6, 6.07) is 3.05. The topological polar surface area (TPSA) is 42.2 Å². The zero-order valence-corrected chi connectivity index (χ0v) is 9.99. The molecule has 0 aliphatic rings. The summed E-state index contributed by atoms with van der Waals surface area (Å²) in [6.07, 6.45) is 1.46. The molecule has 2 rings (SSSR count). The van der Waals surface area contributed by atoms with E-state index in [9.17, 15) is 9.18 Å². The summed E-state index contributed by atoms with van der Waals surface area (Å²) in [7, 11) is 1.74. The van der Waals surface area contributed by atoms with E-state index < -0.39 is 11.8 Å². The van der Waals surface area contributed by atoms with Crippen molar-refractivity contribution in [3.05, 3.63) is 35.3 Å². The molecule has 0 aliphatic heterocycles. The lowest BCUT2D eigenvalue weighted by Crippen LogP contribution is -1.97. The fourth-order valence-corrected chi connectivity index (χ4v) is 2.17. The summed E-state index contributed by atoms with van der Waals surface area (Å²) in [5.74, 6) is -1.37.